The number of nitrogens with zero attached hydrogens (tertiary/aromatic N) is 2. The third-order valence-electron chi connectivity index (χ3n) is 4.50. The molecule has 0 bridgehead atoms. The Bertz CT molecular complexity index is 647. The highest BCUT2D eigenvalue weighted by molar-refractivity contribution is 7.99. The number of benzene rings is 1. The topological polar surface area (TPSA) is 29.9 Å². The number of hydrogen-bond donors (Lipinski definition) is 1. The van der Waals surface area contributed by atoms with E-state index in [2.05, 4.69) is 55.0 Å². The third kappa shape index (κ3) is 2.62. The van der Waals surface area contributed by atoms with E-state index >= 15 is 0 Å². The van der Waals surface area contributed by atoms with Crippen molar-refractivity contribution in [3.63, 3.8) is 0 Å². The van der Waals surface area contributed by atoms with Crippen molar-refractivity contribution in [3.05, 3.63) is 46.8 Å². The van der Waals surface area contributed by atoms with Crippen LogP contribution in [0.25, 0.3) is 0 Å². The van der Waals surface area contributed by atoms with Gasteiger partial charge in [-0.15, -0.1) is 11.8 Å². The molecule has 3 rings (SSSR count). The average Bonchev–Trinajstić information content (AvgIpc) is 3.01. The summed E-state index contributed by atoms with van der Waals surface area (Å²) in [5.41, 5.74) is 5.27. The summed E-state index contributed by atoms with van der Waals surface area (Å²) in [7, 11) is 2.00. The predicted molar refractivity (Wildman–Crippen MR) is 89.1 cm³/mol. The van der Waals surface area contributed by atoms with E-state index < -0.39 is 0 Å². The summed E-state index contributed by atoms with van der Waals surface area (Å²) in [6.45, 7) is 7.48. The van der Waals surface area contributed by atoms with E-state index in [1.807, 2.05) is 18.8 Å². The van der Waals surface area contributed by atoms with Crippen LogP contribution in [0.3, 0.4) is 0 Å². The van der Waals surface area contributed by atoms with Crippen LogP contribution in [0.1, 0.15) is 41.4 Å². The Kier molecular flexibility index (Phi) is 4.09. The predicted octanol–water partition coefficient (Wildman–Crippen LogP) is 3.67. The molecule has 1 N–H and O–H groups in total. The number of nitrogens with one attached hydrogen (secondary N) is 1. The number of rotatable bonds is 4. The smallest absolute Gasteiger partial charge is 0.0644 e. The molecule has 112 valence electrons. The Hall–Kier alpha value is -1.26. The second-order valence-corrected chi connectivity index (χ2v) is 6.88. The van der Waals surface area contributed by atoms with E-state index in [0.717, 1.165) is 18.0 Å². The van der Waals surface area contributed by atoms with Gasteiger partial charge in [0.25, 0.3) is 0 Å². The van der Waals surface area contributed by atoms with Gasteiger partial charge in [-0.2, -0.15) is 5.10 Å². The Morgan fingerprint density at radius 3 is 2.90 bits per heavy atom. The first-order valence-electron chi connectivity index (χ1n) is 7.54. The Morgan fingerprint density at radius 2 is 2.14 bits per heavy atom. The molecule has 2 atom stereocenters. The Balaban J connectivity index is 1.87. The van der Waals surface area contributed by atoms with Gasteiger partial charge in [0.2, 0.25) is 0 Å². The number of aryl methyl sites for hydroxylation is 1. The van der Waals surface area contributed by atoms with Gasteiger partial charge in [0.05, 0.1) is 5.69 Å². The molecule has 1 aromatic heterocycles. The molecule has 1 aromatic carbocycles. The molecule has 0 saturated heterocycles. The van der Waals surface area contributed by atoms with Crippen LogP contribution in [0, 0.1) is 13.8 Å². The first kappa shape index (κ1) is 14.7. The van der Waals surface area contributed by atoms with Crippen LogP contribution in [0.4, 0.5) is 0 Å². The molecule has 0 aliphatic carbocycles. The fourth-order valence-corrected chi connectivity index (χ4v) is 4.49. The molecule has 2 unspecified atom stereocenters. The van der Waals surface area contributed by atoms with Crippen molar-refractivity contribution < 1.29 is 0 Å². The van der Waals surface area contributed by atoms with Crippen LogP contribution < -0.4 is 5.32 Å². The maximum atomic E-state index is 4.78. The third-order valence-corrected chi connectivity index (χ3v) is 5.75. The zero-order valence-electron chi connectivity index (χ0n) is 13.2. The van der Waals surface area contributed by atoms with Crippen LogP contribution in [0.2, 0.25) is 0 Å². The molecule has 0 amide bonds. The quantitative estimate of drug-likeness (QED) is 0.934. The van der Waals surface area contributed by atoms with Crippen molar-refractivity contribution in [2.24, 2.45) is 0 Å². The molecule has 0 radical (unpaired) electrons. The molecule has 4 heteroatoms. The van der Waals surface area contributed by atoms with E-state index in [1.54, 1.807) is 0 Å². The van der Waals surface area contributed by atoms with Crippen molar-refractivity contribution in [2.45, 2.75) is 44.2 Å². The summed E-state index contributed by atoms with van der Waals surface area (Å²) in [5, 5.41) is 8.11. The fourth-order valence-electron chi connectivity index (χ4n) is 3.25. The second kappa shape index (κ2) is 5.85. The molecule has 2 aromatic rings. The van der Waals surface area contributed by atoms with E-state index in [9.17, 15) is 0 Å². The number of aromatic nitrogens is 2. The highest BCUT2D eigenvalue weighted by atomic mass is 32.2. The summed E-state index contributed by atoms with van der Waals surface area (Å²) in [5.74, 6) is 1.73. The average molecular weight is 301 g/mol. The minimum absolute atomic E-state index is 0.351. The summed E-state index contributed by atoms with van der Waals surface area (Å²) >= 11 is 1.97. The maximum Gasteiger partial charge on any atom is 0.0644 e. The van der Waals surface area contributed by atoms with Crippen LogP contribution in [-0.4, -0.2) is 22.6 Å². The molecule has 2 heterocycles. The number of hydrogen-bond acceptors (Lipinski definition) is 3. The highest BCUT2D eigenvalue weighted by Crippen LogP contribution is 2.40. The lowest BCUT2D eigenvalue weighted by molar-refractivity contribution is 0.532. The first-order chi connectivity index (χ1) is 10.1. The number of thioether (sulfide) groups is 1. The second-order valence-electron chi connectivity index (χ2n) is 5.82. The van der Waals surface area contributed by atoms with Gasteiger partial charge in [-0.3, -0.25) is 4.68 Å². The molecule has 1 aliphatic heterocycles. The van der Waals surface area contributed by atoms with Crippen molar-refractivity contribution in [3.8, 4) is 0 Å². The highest BCUT2D eigenvalue weighted by Gasteiger charge is 2.25. The minimum atomic E-state index is 0.351. The van der Waals surface area contributed by atoms with Crippen molar-refractivity contribution >= 4 is 11.8 Å². The van der Waals surface area contributed by atoms with Gasteiger partial charge in [0, 0.05) is 40.4 Å². The summed E-state index contributed by atoms with van der Waals surface area (Å²) in [4.78, 5) is 1.44. The molecule has 21 heavy (non-hydrogen) atoms. The SMILES string of the molecule is CNC(C)c1c(C)nn(CC2CSc3ccccc32)c1C. The van der Waals surface area contributed by atoms with Gasteiger partial charge in [-0.05, 0) is 39.4 Å². The zero-order valence-corrected chi connectivity index (χ0v) is 14.0. The molecule has 3 nitrogen and oxygen atoms in total. The largest absolute Gasteiger partial charge is 0.313 e. The van der Waals surface area contributed by atoms with Crippen molar-refractivity contribution in [1.82, 2.24) is 15.1 Å². The summed E-state index contributed by atoms with van der Waals surface area (Å²) < 4.78 is 2.20. The molecular formula is C17H23N3S. The molecular weight excluding hydrogens is 278 g/mol. The minimum Gasteiger partial charge on any atom is -0.313 e. The van der Waals surface area contributed by atoms with Gasteiger partial charge in [0.1, 0.15) is 0 Å². The van der Waals surface area contributed by atoms with Crippen molar-refractivity contribution in [1.29, 1.82) is 0 Å². The van der Waals surface area contributed by atoms with Crippen LogP contribution >= 0.6 is 11.8 Å². The monoisotopic (exact) mass is 301 g/mol. The van der Waals surface area contributed by atoms with Gasteiger partial charge in [-0.25, -0.2) is 0 Å². The lowest BCUT2D eigenvalue weighted by atomic mass is 10.0. The van der Waals surface area contributed by atoms with E-state index in [0.29, 0.717) is 12.0 Å². The Labute approximate surface area is 131 Å². The van der Waals surface area contributed by atoms with E-state index in [-0.39, 0.29) is 0 Å². The van der Waals surface area contributed by atoms with Gasteiger partial charge in [-0.1, -0.05) is 18.2 Å². The van der Waals surface area contributed by atoms with Crippen LogP contribution in [0.15, 0.2) is 29.2 Å². The normalized spacial score (nSPS) is 18.8. The Morgan fingerprint density at radius 1 is 1.38 bits per heavy atom. The molecule has 1 aliphatic rings. The fraction of sp³-hybridized carbons (Fsp3) is 0.471. The molecule has 0 spiro atoms. The number of fused-ring (bicyclic) bond motifs is 1. The molecule has 0 fully saturated rings. The lowest BCUT2D eigenvalue weighted by Gasteiger charge is -2.14. The van der Waals surface area contributed by atoms with Crippen molar-refractivity contribution in [2.75, 3.05) is 12.8 Å². The summed E-state index contributed by atoms with van der Waals surface area (Å²) in [6, 6.07) is 9.12. The van der Waals surface area contributed by atoms with E-state index in [1.165, 1.54) is 21.7 Å². The van der Waals surface area contributed by atoms with Crippen LogP contribution in [0.5, 0.6) is 0 Å². The summed E-state index contributed by atoms with van der Waals surface area (Å²) in [6.07, 6.45) is 0. The van der Waals surface area contributed by atoms with E-state index in [4.69, 9.17) is 5.10 Å². The van der Waals surface area contributed by atoms with Gasteiger partial charge in [0.15, 0.2) is 0 Å². The van der Waals surface area contributed by atoms with Crippen LogP contribution in [-0.2, 0) is 6.54 Å². The van der Waals surface area contributed by atoms with Gasteiger partial charge >= 0.3 is 0 Å². The molecule has 0 saturated carbocycles. The zero-order chi connectivity index (χ0) is 15.0. The maximum absolute atomic E-state index is 4.78. The first-order valence-corrected chi connectivity index (χ1v) is 8.53. The van der Waals surface area contributed by atoms with Gasteiger partial charge < -0.3 is 5.32 Å². The lowest BCUT2D eigenvalue weighted by Crippen LogP contribution is -2.15. The standard InChI is InChI=1S/C17H23N3S/c1-11(18-4)17-12(2)19-20(13(17)3)9-14-10-21-16-8-6-5-7-15(14)16/h5-8,11,14,18H,9-10H2,1-4H3.